The first-order valence-corrected chi connectivity index (χ1v) is 7.93. The Bertz CT molecular complexity index is 586. The molecule has 2 N–H and O–H groups in total. The van der Waals surface area contributed by atoms with Gasteiger partial charge in [-0.05, 0) is 47.5 Å². The molecule has 8 heteroatoms. The normalized spacial score (nSPS) is 13.3. The SMILES string of the molecule is Cc1cc(Br)c(S(=O)(=O)N[C@H](C)C(=O)O)cc1Br. The van der Waals surface area contributed by atoms with Gasteiger partial charge in [0, 0.05) is 8.95 Å². The predicted octanol–water partition coefficient (Wildman–Crippen LogP) is 2.27. The molecule has 0 radical (unpaired) electrons. The van der Waals surface area contributed by atoms with Crippen LogP contribution in [0.1, 0.15) is 12.5 Å². The van der Waals surface area contributed by atoms with Gasteiger partial charge in [0.05, 0.1) is 4.90 Å². The van der Waals surface area contributed by atoms with E-state index >= 15 is 0 Å². The van der Waals surface area contributed by atoms with E-state index in [2.05, 4.69) is 36.6 Å². The molecular weight excluding hydrogens is 390 g/mol. The molecule has 0 aromatic heterocycles. The molecule has 0 heterocycles. The molecule has 0 bridgehead atoms. The zero-order valence-corrected chi connectivity index (χ0v) is 13.6. The Hall–Kier alpha value is -0.440. The average molecular weight is 401 g/mol. The van der Waals surface area contributed by atoms with Crippen molar-refractivity contribution in [3.05, 3.63) is 26.6 Å². The van der Waals surface area contributed by atoms with Gasteiger partial charge in [0.15, 0.2) is 0 Å². The third-order valence-electron chi connectivity index (χ3n) is 2.21. The lowest BCUT2D eigenvalue weighted by atomic mass is 10.2. The lowest BCUT2D eigenvalue weighted by Gasteiger charge is -2.12. The quantitative estimate of drug-likeness (QED) is 0.811. The van der Waals surface area contributed by atoms with Crippen LogP contribution in [0.25, 0.3) is 0 Å². The Morgan fingerprint density at radius 2 is 1.89 bits per heavy atom. The van der Waals surface area contributed by atoms with Crippen LogP contribution in [0.3, 0.4) is 0 Å². The van der Waals surface area contributed by atoms with Gasteiger partial charge in [-0.2, -0.15) is 4.72 Å². The van der Waals surface area contributed by atoms with Gasteiger partial charge in [-0.1, -0.05) is 15.9 Å². The number of carboxylic acids is 1. The fraction of sp³-hybridized carbons (Fsp3) is 0.300. The Morgan fingerprint density at radius 3 is 2.39 bits per heavy atom. The fourth-order valence-electron chi connectivity index (χ4n) is 1.18. The van der Waals surface area contributed by atoms with Crippen LogP contribution in [0.5, 0.6) is 0 Å². The summed E-state index contributed by atoms with van der Waals surface area (Å²) in [6.45, 7) is 3.08. The summed E-state index contributed by atoms with van der Waals surface area (Å²) in [5, 5.41) is 8.71. The number of rotatable bonds is 4. The van der Waals surface area contributed by atoms with Gasteiger partial charge in [0.25, 0.3) is 0 Å². The maximum atomic E-state index is 12.0. The summed E-state index contributed by atoms with van der Waals surface area (Å²) in [7, 11) is -3.88. The molecule has 0 spiro atoms. The molecule has 0 unspecified atom stereocenters. The van der Waals surface area contributed by atoms with Gasteiger partial charge in [0.2, 0.25) is 10.0 Å². The first-order valence-electron chi connectivity index (χ1n) is 4.86. The third-order valence-corrected chi connectivity index (χ3v) is 5.56. The molecule has 0 aliphatic carbocycles. The Morgan fingerprint density at radius 1 is 1.33 bits per heavy atom. The van der Waals surface area contributed by atoms with Crippen LogP contribution >= 0.6 is 31.9 Å². The molecule has 100 valence electrons. The maximum absolute atomic E-state index is 12.0. The van der Waals surface area contributed by atoms with Crippen molar-refractivity contribution in [3.63, 3.8) is 0 Å². The summed E-state index contributed by atoms with van der Waals surface area (Å²) in [5.74, 6) is -1.24. The molecule has 1 atom stereocenters. The van der Waals surface area contributed by atoms with Crippen LogP contribution in [-0.4, -0.2) is 25.5 Å². The van der Waals surface area contributed by atoms with E-state index in [-0.39, 0.29) is 4.90 Å². The minimum atomic E-state index is -3.88. The Balaban J connectivity index is 3.21. The second kappa shape index (κ2) is 5.68. The highest BCUT2D eigenvalue weighted by atomic mass is 79.9. The van der Waals surface area contributed by atoms with Gasteiger partial charge in [-0.3, -0.25) is 4.79 Å². The second-order valence-electron chi connectivity index (χ2n) is 3.71. The average Bonchev–Trinajstić information content (AvgIpc) is 2.22. The number of carbonyl (C=O) groups is 1. The zero-order valence-electron chi connectivity index (χ0n) is 9.57. The summed E-state index contributed by atoms with van der Waals surface area (Å²) >= 11 is 6.40. The van der Waals surface area contributed by atoms with E-state index in [1.165, 1.54) is 13.0 Å². The zero-order chi connectivity index (χ0) is 14.1. The van der Waals surface area contributed by atoms with Crippen molar-refractivity contribution in [1.82, 2.24) is 4.72 Å². The molecule has 5 nitrogen and oxygen atoms in total. The third kappa shape index (κ3) is 3.53. The summed E-state index contributed by atoms with van der Waals surface area (Å²) < 4.78 is 27.1. The van der Waals surface area contributed by atoms with E-state index in [1.54, 1.807) is 6.07 Å². The maximum Gasteiger partial charge on any atom is 0.321 e. The van der Waals surface area contributed by atoms with Crippen molar-refractivity contribution in [2.24, 2.45) is 0 Å². The topological polar surface area (TPSA) is 83.5 Å². The van der Waals surface area contributed by atoms with Gasteiger partial charge < -0.3 is 5.11 Å². The minimum Gasteiger partial charge on any atom is -0.480 e. The lowest BCUT2D eigenvalue weighted by Crippen LogP contribution is -2.38. The number of nitrogens with one attached hydrogen (secondary N) is 1. The van der Waals surface area contributed by atoms with Crippen LogP contribution in [-0.2, 0) is 14.8 Å². The van der Waals surface area contributed by atoms with E-state index < -0.39 is 22.0 Å². The van der Waals surface area contributed by atoms with Crippen molar-refractivity contribution in [2.75, 3.05) is 0 Å². The van der Waals surface area contributed by atoms with Crippen LogP contribution in [0, 0.1) is 6.92 Å². The van der Waals surface area contributed by atoms with Crippen LogP contribution in [0.15, 0.2) is 26.0 Å². The number of halogens is 2. The number of carboxylic acid groups (broad SMARTS) is 1. The minimum absolute atomic E-state index is 0.00641. The molecule has 0 aliphatic heterocycles. The largest absolute Gasteiger partial charge is 0.480 e. The van der Waals surface area contributed by atoms with Crippen molar-refractivity contribution >= 4 is 47.9 Å². The summed E-state index contributed by atoms with van der Waals surface area (Å²) in [6, 6.07) is 1.88. The first kappa shape index (κ1) is 15.6. The number of hydrogen-bond donors (Lipinski definition) is 2. The highest BCUT2D eigenvalue weighted by Crippen LogP contribution is 2.28. The number of hydrogen-bond acceptors (Lipinski definition) is 3. The second-order valence-corrected chi connectivity index (χ2v) is 7.10. The summed E-state index contributed by atoms with van der Waals surface area (Å²) in [4.78, 5) is 10.7. The first-order chi connectivity index (χ1) is 8.15. The van der Waals surface area contributed by atoms with Crippen LogP contribution in [0.4, 0.5) is 0 Å². The Kier molecular flexibility index (Phi) is 4.93. The van der Waals surface area contributed by atoms with E-state index in [9.17, 15) is 13.2 Å². The van der Waals surface area contributed by atoms with Crippen LogP contribution in [0.2, 0.25) is 0 Å². The molecular formula is C10H11Br2NO4S. The fourth-order valence-corrected chi connectivity index (χ4v) is 4.05. The van der Waals surface area contributed by atoms with E-state index in [0.29, 0.717) is 8.95 Å². The molecule has 0 aliphatic rings. The van der Waals surface area contributed by atoms with Crippen molar-refractivity contribution in [2.45, 2.75) is 24.8 Å². The molecule has 1 aromatic carbocycles. The summed E-state index contributed by atoms with van der Waals surface area (Å²) in [6.07, 6.45) is 0. The standard InChI is InChI=1S/C10H11Br2NO4S/c1-5-3-8(12)9(4-7(5)11)18(16,17)13-6(2)10(14)15/h3-4,6,13H,1-2H3,(H,14,15)/t6-/m1/s1. The van der Waals surface area contributed by atoms with Crippen LogP contribution < -0.4 is 4.72 Å². The van der Waals surface area contributed by atoms with Crippen molar-refractivity contribution in [1.29, 1.82) is 0 Å². The smallest absolute Gasteiger partial charge is 0.321 e. The van der Waals surface area contributed by atoms with Gasteiger partial charge in [0.1, 0.15) is 6.04 Å². The van der Waals surface area contributed by atoms with E-state index in [1.807, 2.05) is 6.92 Å². The predicted molar refractivity (Wildman–Crippen MR) is 74.0 cm³/mol. The molecule has 0 saturated carbocycles. The van der Waals surface area contributed by atoms with E-state index in [4.69, 9.17) is 5.11 Å². The van der Waals surface area contributed by atoms with Gasteiger partial charge >= 0.3 is 5.97 Å². The summed E-state index contributed by atoms with van der Waals surface area (Å²) in [5.41, 5.74) is 0.868. The molecule has 1 aromatic rings. The van der Waals surface area contributed by atoms with Crippen molar-refractivity contribution < 1.29 is 18.3 Å². The molecule has 1 rings (SSSR count). The van der Waals surface area contributed by atoms with E-state index in [0.717, 1.165) is 5.56 Å². The number of benzene rings is 1. The molecule has 18 heavy (non-hydrogen) atoms. The van der Waals surface area contributed by atoms with Crippen molar-refractivity contribution in [3.8, 4) is 0 Å². The number of aryl methyl sites for hydroxylation is 1. The number of aliphatic carboxylic acids is 1. The highest BCUT2D eigenvalue weighted by Gasteiger charge is 2.24. The molecule has 0 saturated heterocycles. The lowest BCUT2D eigenvalue weighted by molar-refractivity contribution is -0.138. The molecule has 0 fully saturated rings. The monoisotopic (exact) mass is 399 g/mol. The van der Waals surface area contributed by atoms with Gasteiger partial charge in [-0.25, -0.2) is 8.42 Å². The van der Waals surface area contributed by atoms with Gasteiger partial charge in [-0.15, -0.1) is 0 Å². The number of sulfonamides is 1. The molecule has 0 amide bonds. The Labute approximate surface area is 122 Å². The highest BCUT2D eigenvalue weighted by molar-refractivity contribution is 9.11.